The number of imide groups is 1. The van der Waals surface area contributed by atoms with E-state index < -0.39 is 17.8 Å². The van der Waals surface area contributed by atoms with E-state index in [0.717, 1.165) is 11.0 Å². The van der Waals surface area contributed by atoms with Gasteiger partial charge in [0.2, 0.25) is 0 Å². The highest BCUT2D eigenvalue weighted by Gasteiger charge is 2.34. The van der Waals surface area contributed by atoms with Crippen molar-refractivity contribution in [3.63, 3.8) is 0 Å². The Morgan fingerprint density at radius 2 is 2.07 bits per heavy atom. The van der Waals surface area contributed by atoms with Crippen LogP contribution in [0.3, 0.4) is 0 Å². The van der Waals surface area contributed by atoms with Crippen LogP contribution in [0, 0.1) is 0 Å². The summed E-state index contributed by atoms with van der Waals surface area (Å²) in [4.78, 5) is 34.7. The number of esters is 1. The molecule has 2 amide bonds. The van der Waals surface area contributed by atoms with Gasteiger partial charge in [-0.25, -0.2) is 4.79 Å². The molecule has 0 unspecified atom stereocenters. The van der Waals surface area contributed by atoms with Crippen molar-refractivity contribution in [3.8, 4) is 0 Å². The standard InChI is InChI=1S/C9H11NO4/c1-3-10-7(11)5-6(8(10)12)9(13)14-4-2/h5H,3-4H2,1-2H3. The number of carbonyl (C=O) groups excluding carboxylic acids is 3. The van der Waals surface area contributed by atoms with E-state index in [4.69, 9.17) is 0 Å². The summed E-state index contributed by atoms with van der Waals surface area (Å²) in [5.74, 6) is -1.77. The molecule has 1 aliphatic heterocycles. The predicted octanol–water partition coefficient (Wildman–Crippen LogP) is -0.135. The van der Waals surface area contributed by atoms with Gasteiger partial charge >= 0.3 is 5.97 Å². The molecular formula is C9H11NO4. The number of rotatable bonds is 3. The molecule has 5 nitrogen and oxygen atoms in total. The SMILES string of the molecule is CCOC(=O)C1=CC(=O)N(CC)C1=O. The summed E-state index contributed by atoms with van der Waals surface area (Å²) in [6.45, 7) is 3.75. The van der Waals surface area contributed by atoms with Gasteiger partial charge in [0.05, 0.1) is 6.61 Å². The predicted molar refractivity (Wildman–Crippen MR) is 47.1 cm³/mol. The highest BCUT2D eigenvalue weighted by atomic mass is 16.5. The van der Waals surface area contributed by atoms with E-state index in [-0.39, 0.29) is 18.7 Å². The van der Waals surface area contributed by atoms with Crippen LogP contribution in [0.4, 0.5) is 0 Å². The normalized spacial score (nSPS) is 15.9. The van der Waals surface area contributed by atoms with Gasteiger partial charge in [-0.05, 0) is 13.8 Å². The van der Waals surface area contributed by atoms with E-state index in [1.807, 2.05) is 0 Å². The van der Waals surface area contributed by atoms with Crippen molar-refractivity contribution in [3.05, 3.63) is 11.6 Å². The zero-order valence-corrected chi connectivity index (χ0v) is 8.07. The number of hydrogen-bond donors (Lipinski definition) is 0. The largest absolute Gasteiger partial charge is 0.462 e. The third kappa shape index (κ3) is 1.66. The third-order valence-electron chi connectivity index (χ3n) is 1.82. The van der Waals surface area contributed by atoms with Gasteiger partial charge in [0.1, 0.15) is 5.57 Å². The number of amides is 2. The Kier molecular flexibility index (Phi) is 3.01. The van der Waals surface area contributed by atoms with Crippen LogP contribution in [0.25, 0.3) is 0 Å². The number of ether oxygens (including phenoxy) is 1. The molecule has 0 radical (unpaired) electrons. The fourth-order valence-electron chi connectivity index (χ4n) is 1.16. The lowest BCUT2D eigenvalue weighted by atomic mass is 10.3. The van der Waals surface area contributed by atoms with Gasteiger partial charge in [0.15, 0.2) is 0 Å². The van der Waals surface area contributed by atoms with Gasteiger partial charge in [-0.3, -0.25) is 14.5 Å². The molecule has 0 saturated carbocycles. The zero-order valence-electron chi connectivity index (χ0n) is 8.07. The van der Waals surface area contributed by atoms with E-state index in [1.54, 1.807) is 13.8 Å². The Morgan fingerprint density at radius 3 is 2.50 bits per heavy atom. The summed E-state index contributed by atoms with van der Waals surface area (Å²) in [5.41, 5.74) is -0.182. The summed E-state index contributed by atoms with van der Waals surface area (Å²) in [5, 5.41) is 0. The van der Waals surface area contributed by atoms with Crippen LogP contribution in [0.15, 0.2) is 11.6 Å². The van der Waals surface area contributed by atoms with Crippen molar-refractivity contribution in [1.29, 1.82) is 0 Å². The summed E-state index contributed by atoms with van der Waals surface area (Å²) in [6.07, 6.45) is 1.02. The van der Waals surface area contributed by atoms with Gasteiger partial charge < -0.3 is 4.74 Å². The van der Waals surface area contributed by atoms with Crippen LogP contribution >= 0.6 is 0 Å². The second kappa shape index (κ2) is 4.04. The molecule has 0 aromatic heterocycles. The van der Waals surface area contributed by atoms with Crippen LogP contribution in [-0.2, 0) is 19.1 Å². The monoisotopic (exact) mass is 197 g/mol. The molecule has 5 heteroatoms. The average Bonchev–Trinajstić information content (AvgIpc) is 2.42. The van der Waals surface area contributed by atoms with Crippen molar-refractivity contribution in [2.45, 2.75) is 13.8 Å². The lowest BCUT2D eigenvalue weighted by Crippen LogP contribution is -2.32. The van der Waals surface area contributed by atoms with Crippen molar-refractivity contribution < 1.29 is 19.1 Å². The highest BCUT2D eigenvalue weighted by molar-refractivity contribution is 6.28. The molecule has 14 heavy (non-hydrogen) atoms. The average molecular weight is 197 g/mol. The van der Waals surface area contributed by atoms with Crippen molar-refractivity contribution in [2.24, 2.45) is 0 Å². The molecule has 0 aromatic carbocycles. The maximum absolute atomic E-state index is 11.4. The summed E-state index contributed by atoms with van der Waals surface area (Å²) < 4.78 is 4.63. The Labute approximate surface area is 81.3 Å². The lowest BCUT2D eigenvalue weighted by molar-refractivity contribution is -0.142. The Hall–Kier alpha value is -1.65. The van der Waals surface area contributed by atoms with Crippen LogP contribution in [0.1, 0.15) is 13.8 Å². The molecule has 1 heterocycles. The van der Waals surface area contributed by atoms with E-state index in [2.05, 4.69) is 4.74 Å². The van der Waals surface area contributed by atoms with Crippen molar-refractivity contribution in [2.75, 3.05) is 13.2 Å². The molecule has 0 spiro atoms. The maximum atomic E-state index is 11.4. The second-order valence-electron chi connectivity index (χ2n) is 2.67. The van der Waals surface area contributed by atoms with Gasteiger partial charge in [-0.1, -0.05) is 0 Å². The van der Waals surface area contributed by atoms with E-state index in [0.29, 0.717) is 0 Å². The molecule has 0 atom stereocenters. The van der Waals surface area contributed by atoms with Crippen LogP contribution < -0.4 is 0 Å². The minimum atomic E-state index is -0.734. The van der Waals surface area contributed by atoms with Gasteiger partial charge in [-0.15, -0.1) is 0 Å². The summed E-state index contributed by atoms with van der Waals surface area (Å²) >= 11 is 0. The highest BCUT2D eigenvalue weighted by Crippen LogP contribution is 2.13. The molecule has 0 aromatic rings. The van der Waals surface area contributed by atoms with E-state index in [9.17, 15) is 14.4 Å². The van der Waals surface area contributed by atoms with Crippen LogP contribution in [0.2, 0.25) is 0 Å². The fraction of sp³-hybridized carbons (Fsp3) is 0.444. The maximum Gasteiger partial charge on any atom is 0.343 e. The number of hydrogen-bond acceptors (Lipinski definition) is 4. The first-order chi connectivity index (χ1) is 6.61. The molecule has 0 aliphatic carbocycles. The van der Waals surface area contributed by atoms with Crippen molar-refractivity contribution >= 4 is 17.8 Å². The Balaban J connectivity index is 2.83. The number of carbonyl (C=O) groups is 3. The fourth-order valence-corrected chi connectivity index (χ4v) is 1.16. The molecule has 1 aliphatic rings. The van der Waals surface area contributed by atoms with Gasteiger partial charge in [0.25, 0.3) is 11.8 Å². The molecule has 76 valence electrons. The minimum absolute atomic E-state index is 0.182. The first-order valence-electron chi connectivity index (χ1n) is 4.36. The Bertz CT molecular complexity index is 319. The molecule has 0 saturated heterocycles. The smallest absolute Gasteiger partial charge is 0.343 e. The van der Waals surface area contributed by atoms with Gasteiger partial charge in [0, 0.05) is 12.6 Å². The minimum Gasteiger partial charge on any atom is -0.462 e. The molecular weight excluding hydrogens is 186 g/mol. The number of nitrogens with zero attached hydrogens (tertiary/aromatic N) is 1. The molecule has 0 bridgehead atoms. The molecule has 1 rings (SSSR count). The summed E-state index contributed by atoms with van der Waals surface area (Å²) in [7, 11) is 0. The zero-order chi connectivity index (χ0) is 10.7. The van der Waals surface area contributed by atoms with Crippen LogP contribution in [-0.4, -0.2) is 35.8 Å². The third-order valence-corrected chi connectivity index (χ3v) is 1.82. The first-order valence-corrected chi connectivity index (χ1v) is 4.36. The Morgan fingerprint density at radius 1 is 1.43 bits per heavy atom. The number of likely N-dealkylation sites (N-methyl/N-ethyl adjacent to an activating group) is 1. The van der Waals surface area contributed by atoms with Crippen LogP contribution in [0.5, 0.6) is 0 Å². The topological polar surface area (TPSA) is 63.7 Å². The van der Waals surface area contributed by atoms with E-state index >= 15 is 0 Å². The molecule has 0 fully saturated rings. The summed E-state index contributed by atoms with van der Waals surface area (Å²) in [6, 6.07) is 0. The van der Waals surface area contributed by atoms with Crippen molar-refractivity contribution in [1.82, 2.24) is 4.90 Å². The second-order valence-corrected chi connectivity index (χ2v) is 2.67. The first kappa shape index (κ1) is 10.4. The lowest BCUT2D eigenvalue weighted by Gasteiger charge is -2.10. The van der Waals surface area contributed by atoms with Gasteiger partial charge in [-0.2, -0.15) is 0 Å². The van der Waals surface area contributed by atoms with E-state index in [1.165, 1.54) is 0 Å². The molecule has 0 N–H and O–H groups in total. The quantitative estimate of drug-likeness (QED) is 0.359.